The Balaban J connectivity index is 1.89. The Morgan fingerprint density at radius 3 is 2.94 bits per heavy atom. The highest BCUT2D eigenvalue weighted by Crippen LogP contribution is 2.08. The average Bonchev–Trinajstić information content (AvgIpc) is 2.98. The van der Waals surface area contributed by atoms with Crippen molar-refractivity contribution in [2.45, 2.75) is 20.0 Å². The molecule has 0 bridgehead atoms. The third kappa shape index (κ3) is 2.65. The standard InChI is InChI=1S/C10H15N7O/c1-2-16-7-8(11)9(14-16)10(18)12-3-5-17-6-4-13-15-17/h4,6-7H,2-3,5,11H2,1H3,(H,12,18). The summed E-state index contributed by atoms with van der Waals surface area (Å²) >= 11 is 0. The van der Waals surface area contributed by atoms with Crippen LogP contribution < -0.4 is 11.1 Å². The largest absolute Gasteiger partial charge is 0.396 e. The van der Waals surface area contributed by atoms with Crippen molar-refractivity contribution in [2.75, 3.05) is 12.3 Å². The molecule has 2 aromatic heterocycles. The maximum atomic E-state index is 11.8. The van der Waals surface area contributed by atoms with Gasteiger partial charge in [0.25, 0.3) is 5.91 Å². The first-order valence-corrected chi connectivity index (χ1v) is 5.66. The normalized spacial score (nSPS) is 10.5. The molecule has 8 heteroatoms. The molecule has 0 atom stereocenters. The summed E-state index contributed by atoms with van der Waals surface area (Å²) in [6.07, 6.45) is 4.96. The molecule has 8 nitrogen and oxygen atoms in total. The molecule has 2 rings (SSSR count). The number of nitrogens with two attached hydrogens (primary N) is 1. The van der Waals surface area contributed by atoms with Gasteiger partial charge in [0.15, 0.2) is 5.69 Å². The van der Waals surface area contributed by atoms with Crippen molar-refractivity contribution in [3.8, 4) is 0 Å². The fourth-order valence-corrected chi connectivity index (χ4v) is 1.49. The van der Waals surface area contributed by atoms with E-state index in [1.54, 1.807) is 28.0 Å². The van der Waals surface area contributed by atoms with Gasteiger partial charge in [-0.25, -0.2) is 0 Å². The summed E-state index contributed by atoms with van der Waals surface area (Å²) in [6.45, 7) is 3.61. The molecule has 96 valence electrons. The summed E-state index contributed by atoms with van der Waals surface area (Å²) < 4.78 is 3.26. The number of carbonyl (C=O) groups is 1. The number of hydrogen-bond donors (Lipinski definition) is 2. The van der Waals surface area contributed by atoms with Crippen LogP contribution in [0.2, 0.25) is 0 Å². The zero-order valence-corrected chi connectivity index (χ0v) is 10.1. The van der Waals surface area contributed by atoms with Gasteiger partial charge in [-0.3, -0.25) is 14.2 Å². The SMILES string of the molecule is CCn1cc(N)c(C(=O)NCCn2ccnn2)n1. The van der Waals surface area contributed by atoms with Gasteiger partial charge in [0.2, 0.25) is 0 Å². The average molecular weight is 249 g/mol. The van der Waals surface area contributed by atoms with E-state index in [0.29, 0.717) is 25.3 Å². The lowest BCUT2D eigenvalue weighted by Crippen LogP contribution is -2.28. The molecule has 0 aliphatic rings. The molecule has 0 aromatic carbocycles. The molecule has 0 radical (unpaired) electrons. The van der Waals surface area contributed by atoms with Crippen molar-refractivity contribution >= 4 is 11.6 Å². The summed E-state index contributed by atoms with van der Waals surface area (Å²) in [5.74, 6) is -0.278. The van der Waals surface area contributed by atoms with Crippen molar-refractivity contribution in [3.05, 3.63) is 24.3 Å². The topological polar surface area (TPSA) is 104 Å². The highest BCUT2D eigenvalue weighted by atomic mass is 16.2. The number of nitrogens with one attached hydrogen (secondary N) is 1. The van der Waals surface area contributed by atoms with Crippen LogP contribution >= 0.6 is 0 Å². The molecular formula is C10H15N7O. The third-order valence-electron chi connectivity index (χ3n) is 2.43. The summed E-state index contributed by atoms with van der Waals surface area (Å²) in [5, 5.41) is 14.3. The van der Waals surface area contributed by atoms with Crippen molar-refractivity contribution in [1.82, 2.24) is 30.1 Å². The van der Waals surface area contributed by atoms with Gasteiger partial charge >= 0.3 is 0 Å². The second-order valence-electron chi connectivity index (χ2n) is 3.71. The number of hydrogen-bond acceptors (Lipinski definition) is 5. The molecule has 0 aliphatic carbocycles. The number of rotatable bonds is 5. The van der Waals surface area contributed by atoms with Crippen molar-refractivity contribution < 1.29 is 4.79 Å². The van der Waals surface area contributed by atoms with Crippen molar-refractivity contribution in [2.24, 2.45) is 0 Å². The minimum absolute atomic E-state index is 0.260. The van der Waals surface area contributed by atoms with Gasteiger partial charge < -0.3 is 11.1 Å². The highest BCUT2D eigenvalue weighted by molar-refractivity contribution is 5.96. The molecule has 18 heavy (non-hydrogen) atoms. The maximum Gasteiger partial charge on any atom is 0.274 e. The summed E-state index contributed by atoms with van der Waals surface area (Å²) in [4.78, 5) is 11.8. The van der Waals surface area contributed by atoms with Gasteiger partial charge in [0.05, 0.1) is 18.4 Å². The molecule has 0 fully saturated rings. The summed E-state index contributed by atoms with van der Waals surface area (Å²) in [6, 6.07) is 0. The molecular weight excluding hydrogens is 234 g/mol. The van der Waals surface area contributed by atoms with Crippen LogP contribution in [-0.2, 0) is 13.1 Å². The fraction of sp³-hybridized carbons (Fsp3) is 0.400. The van der Waals surface area contributed by atoms with E-state index >= 15 is 0 Å². The second-order valence-corrected chi connectivity index (χ2v) is 3.71. The van der Waals surface area contributed by atoms with E-state index in [0.717, 1.165) is 0 Å². The Morgan fingerprint density at radius 2 is 2.33 bits per heavy atom. The molecule has 3 N–H and O–H groups in total. The van der Waals surface area contributed by atoms with Gasteiger partial charge in [-0.2, -0.15) is 5.10 Å². The van der Waals surface area contributed by atoms with Gasteiger partial charge in [-0.05, 0) is 6.92 Å². The number of nitrogens with zero attached hydrogens (tertiary/aromatic N) is 5. The van der Waals surface area contributed by atoms with Gasteiger partial charge in [0.1, 0.15) is 0 Å². The molecule has 2 aromatic rings. The number of anilines is 1. The summed E-state index contributed by atoms with van der Waals surface area (Å²) in [5.41, 5.74) is 6.36. The minimum atomic E-state index is -0.278. The quantitative estimate of drug-likeness (QED) is 0.744. The number of carbonyl (C=O) groups excluding carboxylic acids is 1. The van der Waals surface area contributed by atoms with E-state index in [9.17, 15) is 4.79 Å². The van der Waals surface area contributed by atoms with E-state index in [2.05, 4.69) is 20.7 Å². The van der Waals surface area contributed by atoms with Crippen LogP contribution in [-0.4, -0.2) is 37.2 Å². The first-order chi connectivity index (χ1) is 8.70. The Morgan fingerprint density at radius 1 is 1.50 bits per heavy atom. The smallest absolute Gasteiger partial charge is 0.274 e. The lowest BCUT2D eigenvalue weighted by Gasteiger charge is -2.03. The van der Waals surface area contributed by atoms with Crippen LogP contribution in [0, 0.1) is 0 Å². The van der Waals surface area contributed by atoms with E-state index in [-0.39, 0.29) is 11.6 Å². The monoisotopic (exact) mass is 249 g/mol. The van der Waals surface area contributed by atoms with Crippen molar-refractivity contribution in [1.29, 1.82) is 0 Å². The molecule has 0 saturated heterocycles. The van der Waals surface area contributed by atoms with Crippen LogP contribution in [0.1, 0.15) is 17.4 Å². The molecule has 0 unspecified atom stereocenters. The first-order valence-electron chi connectivity index (χ1n) is 5.66. The van der Waals surface area contributed by atoms with E-state index in [4.69, 9.17) is 5.73 Å². The zero-order valence-electron chi connectivity index (χ0n) is 10.1. The molecule has 2 heterocycles. The number of nitrogen functional groups attached to an aromatic ring is 1. The Hall–Kier alpha value is -2.38. The van der Waals surface area contributed by atoms with E-state index in [1.165, 1.54) is 0 Å². The maximum absolute atomic E-state index is 11.8. The van der Waals surface area contributed by atoms with Crippen LogP contribution in [0.25, 0.3) is 0 Å². The lowest BCUT2D eigenvalue weighted by molar-refractivity contribution is 0.0947. The van der Waals surface area contributed by atoms with E-state index in [1.807, 2.05) is 6.92 Å². The second kappa shape index (κ2) is 5.30. The molecule has 0 aliphatic heterocycles. The molecule has 0 spiro atoms. The summed E-state index contributed by atoms with van der Waals surface area (Å²) in [7, 11) is 0. The Bertz CT molecular complexity index is 516. The Labute approximate surface area is 104 Å². The Kier molecular flexibility index (Phi) is 3.56. The zero-order chi connectivity index (χ0) is 13.0. The number of aromatic nitrogens is 5. The minimum Gasteiger partial charge on any atom is -0.396 e. The first kappa shape index (κ1) is 12.1. The highest BCUT2D eigenvalue weighted by Gasteiger charge is 2.13. The fourth-order valence-electron chi connectivity index (χ4n) is 1.49. The number of aryl methyl sites for hydroxylation is 1. The van der Waals surface area contributed by atoms with Crippen LogP contribution in [0.15, 0.2) is 18.6 Å². The predicted octanol–water partition coefficient (Wildman–Crippen LogP) is -0.493. The van der Waals surface area contributed by atoms with Gasteiger partial charge in [-0.15, -0.1) is 5.10 Å². The lowest BCUT2D eigenvalue weighted by atomic mass is 10.3. The third-order valence-corrected chi connectivity index (χ3v) is 2.43. The van der Waals surface area contributed by atoms with Crippen molar-refractivity contribution in [3.63, 3.8) is 0 Å². The van der Waals surface area contributed by atoms with Crippen LogP contribution in [0.3, 0.4) is 0 Å². The van der Waals surface area contributed by atoms with Gasteiger partial charge in [-0.1, -0.05) is 5.21 Å². The van der Waals surface area contributed by atoms with Gasteiger partial charge in [0, 0.05) is 25.5 Å². The number of amides is 1. The van der Waals surface area contributed by atoms with Crippen LogP contribution in [0.4, 0.5) is 5.69 Å². The molecule has 1 amide bonds. The van der Waals surface area contributed by atoms with E-state index < -0.39 is 0 Å². The predicted molar refractivity (Wildman–Crippen MR) is 64.7 cm³/mol. The van der Waals surface area contributed by atoms with Crippen LogP contribution in [0.5, 0.6) is 0 Å². The molecule has 0 saturated carbocycles.